The lowest BCUT2D eigenvalue weighted by Crippen LogP contribution is -1.99. The van der Waals surface area contributed by atoms with Gasteiger partial charge in [0.05, 0.1) is 25.3 Å². The molecule has 0 fully saturated rings. The Morgan fingerprint density at radius 2 is 1.52 bits per heavy atom. The highest BCUT2D eigenvalue weighted by molar-refractivity contribution is 6.08. The average molecular weight is 411 g/mol. The molecule has 4 aromatic rings. The Kier molecular flexibility index (Phi) is 5.94. The van der Waals surface area contributed by atoms with Crippen molar-refractivity contribution in [2.45, 2.75) is 0 Å². The molecule has 0 N–H and O–H groups in total. The van der Waals surface area contributed by atoms with Crippen LogP contribution in [0.2, 0.25) is 0 Å². The number of nitrogens with zero attached hydrogens (tertiary/aromatic N) is 1. The molecule has 5 nitrogen and oxygen atoms in total. The fourth-order valence-corrected chi connectivity index (χ4v) is 3.24. The van der Waals surface area contributed by atoms with Gasteiger partial charge in [0.1, 0.15) is 11.5 Å². The molecule has 1 aromatic heterocycles. The summed E-state index contributed by atoms with van der Waals surface area (Å²) >= 11 is 0. The predicted molar refractivity (Wildman–Crippen MR) is 121 cm³/mol. The second-order valence-electron chi connectivity index (χ2n) is 6.74. The van der Waals surface area contributed by atoms with Crippen molar-refractivity contribution in [1.82, 2.24) is 4.98 Å². The van der Waals surface area contributed by atoms with Crippen molar-refractivity contribution in [2.75, 3.05) is 14.2 Å². The molecule has 0 bridgehead atoms. The number of fused-ring (bicyclic) bond motifs is 1. The van der Waals surface area contributed by atoms with Crippen LogP contribution in [0.1, 0.15) is 15.9 Å². The Balaban J connectivity index is 1.68. The van der Waals surface area contributed by atoms with Gasteiger partial charge >= 0.3 is 0 Å². The molecular weight excluding hydrogens is 390 g/mol. The van der Waals surface area contributed by atoms with Crippen LogP contribution in [-0.4, -0.2) is 25.0 Å². The van der Waals surface area contributed by atoms with Crippen molar-refractivity contribution >= 4 is 22.8 Å². The van der Waals surface area contributed by atoms with Crippen LogP contribution >= 0.6 is 0 Å². The van der Waals surface area contributed by atoms with Gasteiger partial charge in [-0.1, -0.05) is 48.5 Å². The number of ether oxygens (including phenoxy) is 3. The number of hydrogen-bond donors (Lipinski definition) is 0. The topological polar surface area (TPSA) is 57.7 Å². The number of rotatable bonds is 7. The van der Waals surface area contributed by atoms with Crippen molar-refractivity contribution in [2.24, 2.45) is 0 Å². The molecule has 0 aliphatic rings. The fourth-order valence-electron chi connectivity index (χ4n) is 3.24. The molecule has 0 aliphatic heterocycles. The summed E-state index contributed by atoms with van der Waals surface area (Å²) in [7, 11) is 3.16. The van der Waals surface area contributed by atoms with Gasteiger partial charge in [-0.3, -0.25) is 9.78 Å². The van der Waals surface area contributed by atoms with E-state index < -0.39 is 0 Å². The summed E-state index contributed by atoms with van der Waals surface area (Å²) in [6.45, 7) is 0. The number of allylic oxidation sites excluding steroid dienone is 1. The fraction of sp³-hybridized carbons (Fsp3) is 0.0769. The molecule has 1 heterocycles. The minimum absolute atomic E-state index is 0.142. The van der Waals surface area contributed by atoms with Crippen LogP contribution in [0.5, 0.6) is 23.0 Å². The van der Waals surface area contributed by atoms with Gasteiger partial charge in [0.25, 0.3) is 0 Å². The lowest BCUT2D eigenvalue weighted by Gasteiger charge is -2.13. The Labute approximate surface area is 180 Å². The van der Waals surface area contributed by atoms with Gasteiger partial charge in [-0.25, -0.2) is 0 Å². The molecule has 3 aromatic carbocycles. The molecule has 4 rings (SSSR count). The van der Waals surface area contributed by atoms with Gasteiger partial charge in [0, 0.05) is 17.6 Å². The monoisotopic (exact) mass is 411 g/mol. The van der Waals surface area contributed by atoms with Crippen LogP contribution in [0.25, 0.3) is 17.0 Å². The third kappa shape index (κ3) is 4.41. The van der Waals surface area contributed by atoms with Crippen molar-refractivity contribution in [3.8, 4) is 23.0 Å². The maximum atomic E-state index is 12.9. The van der Waals surface area contributed by atoms with Crippen molar-refractivity contribution < 1.29 is 19.0 Å². The average Bonchev–Trinajstić information content (AvgIpc) is 2.83. The van der Waals surface area contributed by atoms with E-state index in [0.717, 1.165) is 10.9 Å². The zero-order chi connectivity index (χ0) is 21.6. The second-order valence-corrected chi connectivity index (χ2v) is 6.74. The first kappa shape index (κ1) is 20.2. The molecule has 0 amide bonds. The molecular formula is C26H21NO4. The molecule has 31 heavy (non-hydrogen) atoms. The van der Waals surface area contributed by atoms with Crippen LogP contribution < -0.4 is 14.2 Å². The third-order valence-corrected chi connectivity index (χ3v) is 4.81. The molecule has 0 spiro atoms. The number of pyridine rings is 1. The van der Waals surface area contributed by atoms with Crippen molar-refractivity contribution in [3.05, 3.63) is 96.2 Å². The summed E-state index contributed by atoms with van der Waals surface area (Å²) < 4.78 is 17.0. The van der Waals surface area contributed by atoms with Crippen LogP contribution in [0.3, 0.4) is 0 Å². The maximum Gasteiger partial charge on any atom is 0.189 e. The first-order chi connectivity index (χ1) is 15.2. The van der Waals surface area contributed by atoms with Gasteiger partial charge in [-0.15, -0.1) is 0 Å². The SMILES string of the molecule is COc1cc2nccc(Oc3ccccc3C(=O)C=Cc3ccccc3)c2cc1OC. The Hall–Kier alpha value is -4.12. The molecule has 5 heteroatoms. The summed E-state index contributed by atoms with van der Waals surface area (Å²) in [6.07, 6.45) is 5.00. The van der Waals surface area contributed by atoms with E-state index in [1.54, 1.807) is 56.8 Å². The Morgan fingerprint density at radius 3 is 2.29 bits per heavy atom. The van der Waals surface area contributed by atoms with Crippen LogP contribution in [-0.2, 0) is 0 Å². The third-order valence-electron chi connectivity index (χ3n) is 4.81. The number of benzene rings is 3. The summed E-state index contributed by atoms with van der Waals surface area (Å²) in [4.78, 5) is 17.3. The lowest BCUT2D eigenvalue weighted by atomic mass is 10.1. The quantitative estimate of drug-likeness (QED) is 0.278. The highest BCUT2D eigenvalue weighted by Crippen LogP contribution is 2.37. The summed E-state index contributed by atoms with van der Waals surface area (Å²) in [5.74, 6) is 2.05. The van der Waals surface area contributed by atoms with Gasteiger partial charge in [-0.05, 0) is 35.9 Å². The lowest BCUT2D eigenvalue weighted by molar-refractivity contribution is 0.104. The molecule has 0 saturated heterocycles. The van der Waals surface area contributed by atoms with Crippen LogP contribution in [0, 0.1) is 0 Å². The highest BCUT2D eigenvalue weighted by atomic mass is 16.5. The van der Waals surface area contributed by atoms with Crippen LogP contribution in [0.15, 0.2) is 85.1 Å². The smallest absolute Gasteiger partial charge is 0.189 e. The normalized spacial score (nSPS) is 10.9. The predicted octanol–water partition coefficient (Wildman–Crippen LogP) is 5.94. The molecule has 0 saturated carbocycles. The van der Waals surface area contributed by atoms with Gasteiger partial charge in [0.2, 0.25) is 0 Å². The largest absolute Gasteiger partial charge is 0.493 e. The summed E-state index contributed by atoms with van der Waals surface area (Å²) in [5, 5.41) is 0.752. The van der Waals surface area contributed by atoms with Crippen molar-refractivity contribution in [3.63, 3.8) is 0 Å². The number of para-hydroxylation sites is 1. The number of carbonyl (C=O) groups excluding carboxylic acids is 1. The first-order valence-electron chi connectivity index (χ1n) is 9.74. The van der Waals surface area contributed by atoms with E-state index >= 15 is 0 Å². The Morgan fingerprint density at radius 1 is 0.806 bits per heavy atom. The number of ketones is 1. The summed E-state index contributed by atoms with van der Waals surface area (Å²) in [5.41, 5.74) is 2.12. The maximum absolute atomic E-state index is 12.9. The second kappa shape index (κ2) is 9.13. The van der Waals surface area contributed by atoms with E-state index in [1.807, 2.05) is 48.5 Å². The van der Waals surface area contributed by atoms with E-state index in [0.29, 0.717) is 34.1 Å². The van der Waals surface area contributed by atoms with Gasteiger partial charge < -0.3 is 14.2 Å². The highest BCUT2D eigenvalue weighted by Gasteiger charge is 2.14. The number of hydrogen-bond acceptors (Lipinski definition) is 5. The molecule has 0 radical (unpaired) electrons. The number of aromatic nitrogens is 1. The zero-order valence-electron chi connectivity index (χ0n) is 17.2. The van der Waals surface area contributed by atoms with E-state index in [4.69, 9.17) is 14.2 Å². The molecule has 154 valence electrons. The standard InChI is InChI=1S/C26H21NO4/c1-29-25-16-20-21(17-26(25)30-2)27-15-14-24(20)31-23-11-7-6-10-19(23)22(28)13-12-18-8-4-3-5-9-18/h3-17H,1-2H3. The minimum atomic E-state index is -0.142. The first-order valence-corrected chi connectivity index (χ1v) is 9.74. The summed E-state index contributed by atoms with van der Waals surface area (Å²) in [6, 6.07) is 22.2. The van der Waals surface area contributed by atoms with Gasteiger partial charge in [0.15, 0.2) is 17.3 Å². The molecule has 0 atom stereocenters. The van der Waals surface area contributed by atoms with Gasteiger partial charge in [-0.2, -0.15) is 0 Å². The van der Waals surface area contributed by atoms with E-state index in [1.165, 1.54) is 0 Å². The van der Waals surface area contributed by atoms with Crippen LogP contribution in [0.4, 0.5) is 0 Å². The number of methoxy groups -OCH3 is 2. The van der Waals surface area contributed by atoms with E-state index in [9.17, 15) is 4.79 Å². The Bertz CT molecular complexity index is 1250. The number of carbonyl (C=O) groups is 1. The van der Waals surface area contributed by atoms with Crippen molar-refractivity contribution in [1.29, 1.82) is 0 Å². The minimum Gasteiger partial charge on any atom is -0.493 e. The van der Waals surface area contributed by atoms with E-state index in [-0.39, 0.29) is 5.78 Å². The zero-order valence-corrected chi connectivity index (χ0v) is 17.2. The molecule has 0 aliphatic carbocycles. The van der Waals surface area contributed by atoms with E-state index in [2.05, 4.69) is 4.98 Å². The molecule has 0 unspecified atom stereocenters.